The van der Waals surface area contributed by atoms with Crippen LogP contribution in [0.4, 0.5) is 0 Å². The lowest BCUT2D eigenvalue weighted by molar-refractivity contribution is -0.146. The molecule has 0 saturated carbocycles. The fraction of sp³-hybridized carbons (Fsp3) is 0.923. The number of likely N-dealkylation sites (tertiary alicyclic amines) is 1. The average molecular weight is 243 g/mol. The molecule has 0 amide bonds. The number of hydrogen-bond donors (Lipinski definition) is 1. The quantitative estimate of drug-likeness (QED) is 0.818. The summed E-state index contributed by atoms with van der Waals surface area (Å²) in [5.41, 5.74) is 0.325. The Morgan fingerprint density at radius 1 is 1.41 bits per heavy atom. The second kappa shape index (κ2) is 5.83. The van der Waals surface area contributed by atoms with Gasteiger partial charge in [0.25, 0.3) is 0 Å². The molecule has 0 radical (unpaired) electrons. The van der Waals surface area contributed by atoms with E-state index in [1.807, 2.05) is 4.90 Å². The van der Waals surface area contributed by atoms with E-state index in [0.717, 1.165) is 25.9 Å². The predicted octanol–water partition coefficient (Wildman–Crippen LogP) is 1.84. The number of methoxy groups -OCH3 is 1. The lowest BCUT2D eigenvalue weighted by Crippen LogP contribution is -2.49. The van der Waals surface area contributed by atoms with Crippen molar-refractivity contribution in [3.63, 3.8) is 0 Å². The van der Waals surface area contributed by atoms with Crippen LogP contribution in [0.15, 0.2) is 0 Å². The minimum absolute atomic E-state index is 0.273. The van der Waals surface area contributed by atoms with E-state index in [9.17, 15) is 4.79 Å². The van der Waals surface area contributed by atoms with Crippen molar-refractivity contribution in [1.82, 2.24) is 4.90 Å². The summed E-state index contributed by atoms with van der Waals surface area (Å²) in [5.74, 6) is -0.0863. The Balaban J connectivity index is 2.52. The molecule has 1 unspecified atom stereocenters. The van der Waals surface area contributed by atoms with Crippen molar-refractivity contribution >= 4 is 5.97 Å². The lowest BCUT2D eigenvalue weighted by Gasteiger charge is -2.40. The van der Waals surface area contributed by atoms with Gasteiger partial charge in [0, 0.05) is 7.11 Å². The van der Waals surface area contributed by atoms with Crippen LogP contribution in [0, 0.1) is 11.3 Å². The molecule has 0 spiro atoms. The summed E-state index contributed by atoms with van der Waals surface area (Å²) in [7, 11) is 1.55. The van der Waals surface area contributed by atoms with Gasteiger partial charge in [-0.3, -0.25) is 9.69 Å². The Hall–Kier alpha value is -0.610. The van der Waals surface area contributed by atoms with Crippen molar-refractivity contribution in [1.29, 1.82) is 0 Å². The van der Waals surface area contributed by atoms with Crippen LogP contribution in [0.2, 0.25) is 0 Å². The Morgan fingerprint density at radius 2 is 1.94 bits per heavy atom. The second-order valence-corrected chi connectivity index (χ2v) is 5.99. The first-order chi connectivity index (χ1) is 7.86. The topological polar surface area (TPSA) is 49.8 Å². The molecule has 4 heteroatoms. The van der Waals surface area contributed by atoms with Crippen LogP contribution in [0.25, 0.3) is 0 Å². The Morgan fingerprint density at radius 3 is 2.29 bits per heavy atom. The molecule has 0 aliphatic carbocycles. The van der Waals surface area contributed by atoms with Gasteiger partial charge in [-0.25, -0.2) is 0 Å². The van der Waals surface area contributed by atoms with Gasteiger partial charge in [-0.05, 0) is 37.3 Å². The van der Waals surface area contributed by atoms with Crippen LogP contribution < -0.4 is 0 Å². The predicted molar refractivity (Wildman–Crippen MR) is 67.1 cm³/mol. The van der Waals surface area contributed by atoms with Crippen molar-refractivity contribution in [2.75, 3.05) is 26.8 Å². The summed E-state index contributed by atoms with van der Waals surface area (Å²) in [6.45, 7) is 8.78. The summed E-state index contributed by atoms with van der Waals surface area (Å²) < 4.78 is 4.99. The number of nitrogens with zero attached hydrogens (tertiary/aromatic N) is 1. The van der Waals surface area contributed by atoms with Crippen LogP contribution >= 0.6 is 0 Å². The number of rotatable bonds is 4. The number of piperidine rings is 1. The maximum Gasteiger partial charge on any atom is 0.323 e. The van der Waals surface area contributed by atoms with Crippen LogP contribution in [-0.4, -0.2) is 48.8 Å². The highest BCUT2D eigenvalue weighted by molar-refractivity contribution is 5.73. The number of ether oxygens (including phenoxy) is 1. The first-order valence-corrected chi connectivity index (χ1v) is 6.32. The molecule has 1 heterocycles. The minimum atomic E-state index is -0.777. The molecule has 1 aliphatic rings. The Bertz CT molecular complexity index is 252. The lowest BCUT2D eigenvalue weighted by atomic mass is 9.75. The molecule has 100 valence electrons. The van der Waals surface area contributed by atoms with Crippen molar-refractivity contribution in [3.05, 3.63) is 0 Å². The molecule has 1 rings (SSSR count). The average Bonchev–Trinajstić information content (AvgIpc) is 2.24. The number of aliphatic carboxylic acids is 1. The van der Waals surface area contributed by atoms with Crippen molar-refractivity contribution < 1.29 is 14.6 Å². The molecule has 1 saturated heterocycles. The third-order valence-electron chi connectivity index (χ3n) is 3.80. The van der Waals surface area contributed by atoms with Crippen LogP contribution in [0.3, 0.4) is 0 Å². The number of carbonyl (C=O) groups is 1. The first-order valence-electron chi connectivity index (χ1n) is 6.32. The minimum Gasteiger partial charge on any atom is -0.480 e. The van der Waals surface area contributed by atoms with E-state index < -0.39 is 12.0 Å². The van der Waals surface area contributed by atoms with Gasteiger partial charge in [-0.2, -0.15) is 0 Å². The van der Waals surface area contributed by atoms with E-state index >= 15 is 0 Å². The van der Waals surface area contributed by atoms with E-state index in [0.29, 0.717) is 11.3 Å². The van der Waals surface area contributed by atoms with Crippen molar-refractivity contribution in [3.8, 4) is 0 Å². The molecule has 1 N–H and O–H groups in total. The molecule has 0 aromatic rings. The van der Waals surface area contributed by atoms with E-state index in [4.69, 9.17) is 9.84 Å². The maximum atomic E-state index is 11.1. The summed E-state index contributed by atoms with van der Waals surface area (Å²) in [6, 6.07) is -0.485. The Labute approximate surface area is 104 Å². The fourth-order valence-electron chi connectivity index (χ4n) is 2.57. The molecule has 1 fully saturated rings. The van der Waals surface area contributed by atoms with E-state index in [1.54, 1.807) is 7.11 Å². The Kier molecular flexibility index (Phi) is 4.95. The fourth-order valence-corrected chi connectivity index (χ4v) is 2.57. The van der Waals surface area contributed by atoms with Crippen molar-refractivity contribution in [2.24, 2.45) is 11.3 Å². The second-order valence-electron chi connectivity index (χ2n) is 5.99. The third-order valence-corrected chi connectivity index (χ3v) is 3.80. The number of carboxylic acid groups (broad SMARTS) is 1. The van der Waals surface area contributed by atoms with Gasteiger partial charge < -0.3 is 9.84 Å². The molecule has 1 aliphatic heterocycles. The zero-order chi connectivity index (χ0) is 13.1. The first kappa shape index (κ1) is 14.5. The molecule has 4 nitrogen and oxygen atoms in total. The molecule has 0 bridgehead atoms. The van der Waals surface area contributed by atoms with Gasteiger partial charge in [0.15, 0.2) is 0 Å². The number of hydrogen-bond acceptors (Lipinski definition) is 3. The largest absolute Gasteiger partial charge is 0.480 e. The van der Waals surface area contributed by atoms with E-state index in [2.05, 4.69) is 20.8 Å². The highest BCUT2D eigenvalue weighted by Crippen LogP contribution is 2.34. The van der Waals surface area contributed by atoms with Gasteiger partial charge >= 0.3 is 5.97 Å². The normalized spacial score (nSPS) is 21.4. The molecule has 0 aromatic carbocycles. The van der Waals surface area contributed by atoms with Gasteiger partial charge in [-0.1, -0.05) is 20.8 Å². The van der Waals surface area contributed by atoms with Gasteiger partial charge in [-0.15, -0.1) is 0 Å². The third kappa shape index (κ3) is 3.96. The summed E-state index contributed by atoms with van der Waals surface area (Å²) in [5, 5.41) is 9.16. The SMILES string of the molecule is COCC(C(=O)O)N1CCC(C(C)(C)C)CC1. The zero-order valence-corrected chi connectivity index (χ0v) is 11.4. The molecule has 1 atom stereocenters. The van der Waals surface area contributed by atoms with Crippen LogP contribution in [0.5, 0.6) is 0 Å². The monoisotopic (exact) mass is 243 g/mol. The van der Waals surface area contributed by atoms with Gasteiger partial charge in [0.05, 0.1) is 6.61 Å². The smallest absolute Gasteiger partial charge is 0.323 e. The summed E-state index contributed by atoms with van der Waals surface area (Å²) >= 11 is 0. The highest BCUT2D eigenvalue weighted by Gasteiger charge is 2.33. The molecule has 17 heavy (non-hydrogen) atoms. The van der Waals surface area contributed by atoms with E-state index in [1.165, 1.54) is 0 Å². The summed E-state index contributed by atoms with van der Waals surface area (Å²) in [6.07, 6.45) is 2.16. The van der Waals surface area contributed by atoms with Crippen molar-refractivity contribution in [2.45, 2.75) is 39.7 Å². The zero-order valence-electron chi connectivity index (χ0n) is 11.4. The number of carboxylic acids is 1. The van der Waals surface area contributed by atoms with Gasteiger partial charge in [0.1, 0.15) is 6.04 Å². The van der Waals surface area contributed by atoms with E-state index in [-0.39, 0.29) is 6.61 Å². The standard InChI is InChI=1S/C13H25NO3/c1-13(2,3)10-5-7-14(8-6-10)11(9-17-4)12(15)16/h10-11H,5-9H2,1-4H3,(H,15,16). The summed E-state index contributed by atoms with van der Waals surface area (Å²) in [4.78, 5) is 13.2. The van der Waals surface area contributed by atoms with Gasteiger partial charge in [0.2, 0.25) is 0 Å². The highest BCUT2D eigenvalue weighted by atomic mass is 16.5. The maximum absolute atomic E-state index is 11.1. The molecule has 0 aromatic heterocycles. The van der Waals surface area contributed by atoms with Crippen LogP contribution in [0.1, 0.15) is 33.6 Å². The molecular formula is C13H25NO3. The molecular weight excluding hydrogens is 218 g/mol. The van der Waals surface area contributed by atoms with Crippen LogP contribution in [-0.2, 0) is 9.53 Å².